The molecule has 0 amide bonds. The van der Waals surface area contributed by atoms with E-state index < -0.39 is 0 Å². The molecule has 0 aromatic heterocycles. The molecule has 1 aliphatic rings. The number of rotatable bonds is 5. The van der Waals surface area contributed by atoms with Gasteiger partial charge < -0.3 is 15.0 Å². The maximum Gasteiger partial charge on any atom is 0.305 e. The standard InChI is InChI=1S/C17H24N2O2S/c1-19(17(22)18-12-6-11-16(20)21-2)15-10-5-8-13-7-3-4-9-14(13)15/h3-4,7,9,15H,5-6,8,10-12H2,1-2H3,(H,18,22)/t15-/m0/s1. The molecule has 0 saturated carbocycles. The molecule has 0 saturated heterocycles. The van der Waals surface area contributed by atoms with Crippen LogP contribution in [0.5, 0.6) is 0 Å². The fourth-order valence-corrected chi connectivity index (χ4v) is 3.16. The summed E-state index contributed by atoms with van der Waals surface area (Å²) in [7, 11) is 3.46. The Morgan fingerprint density at radius 1 is 1.45 bits per heavy atom. The van der Waals surface area contributed by atoms with Crippen LogP contribution in [0, 0.1) is 0 Å². The number of esters is 1. The number of nitrogens with zero attached hydrogens (tertiary/aromatic N) is 1. The highest BCUT2D eigenvalue weighted by atomic mass is 32.1. The van der Waals surface area contributed by atoms with Gasteiger partial charge in [-0.05, 0) is 49.0 Å². The minimum atomic E-state index is -0.178. The van der Waals surface area contributed by atoms with Crippen LogP contribution in [0.3, 0.4) is 0 Å². The van der Waals surface area contributed by atoms with Gasteiger partial charge in [0.15, 0.2) is 5.11 Å². The quantitative estimate of drug-likeness (QED) is 0.513. The molecule has 0 unspecified atom stereocenters. The van der Waals surface area contributed by atoms with E-state index in [1.165, 1.54) is 24.7 Å². The zero-order valence-electron chi connectivity index (χ0n) is 13.3. The van der Waals surface area contributed by atoms with Crippen molar-refractivity contribution in [3.05, 3.63) is 35.4 Å². The molecule has 22 heavy (non-hydrogen) atoms. The molecule has 0 spiro atoms. The maximum absolute atomic E-state index is 11.1. The topological polar surface area (TPSA) is 41.6 Å². The van der Waals surface area contributed by atoms with E-state index in [-0.39, 0.29) is 5.97 Å². The van der Waals surface area contributed by atoms with Gasteiger partial charge >= 0.3 is 5.97 Å². The molecule has 1 N–H and O–H groups in total. The third-order valence-electron chi connectivity index (χ3n) is 4.19. The molecule has 120 valence electrons. The predicted molar refractivity (Wildman–Crippen MR) is 91.7 cm³/mol. The summed E-state index contributed by atoms with van der Waals surface area (Å²) in [6.45, 7) is 0.687. The lowest BCUT2D eigenvalue weighted by Crippen LogP contribution is -2.40. The zero-order chi connectivity index (χ0) is 15.9. The van der Waals surface area contributed by atoms with E-state index in [4.69, 9.17) is 12.2 Å². The zero-order valence-corrected chi connectivity index (χ0v) is 14.1. The third-order valence-corrected chi connectivity index (χ3v) is 4.62. The first-order chi connectivity index (χ1) is 10.6. The van der Waals surface area contributed by atoms with Crippen molar-refractivity contribution in [2.75, 3.05) is 20.7 Å². The van der Waals surface area contributed by atoms with Crippen LogP contribution in [-0.4, -0.2) is 36.7 Å². The Hall–Kier alpha value is -1.62. The van der Waals surface area contributed by atoms with E-state index in [1.54, 1.807) is 0 Å². The summed E-state index contributed by atoms with van der Waals surface area (Å²) in [5.41, 5.74) is 2.81. The van der Waals surface area contributed by atoms with E-state index in [9.17, 15) is 4.79 Å². The van der Waals surface area contributed by atoms with E-state index >= 15 is 0 Å². The van der Waals surface area contributed by atoms with Crippen LogP contribution in [0.15, 0.2) is 24.3 Å². The average molecular weight is 320 g/mol. The van der Waals surface area contributed by atoms with Gasteiger partial charge in [0.1, 0.15) is 0 Å². The number of benzene rings is 1. The van der Waals surface area contributed by atoms with Crippen LogP contribution in [0.25, 0.3) is 0 Å². The molecule has 1 atom stereocenters. The Labute approximate surface area is 137 Å². The predicted octanol–water partition coefficient (Wildman–Crippen LogP) is 2.82. The summed E-state index contributed by atoms with van der Waals surface area (Å²) in [5, 5.41) is 3.98. The molecule has 4 nitrogen and oxygen atoms in total. The van der Waals surface area contributed by atoms with Crippen molar-refractivity contribution in [2.45, 2.75) is 38.1 Å². The van der Waals surface area contributed by atoms with Gasteiger partial charge in [0.05, 0.1) is 13.2 Å². The van der Waals surface area contributed by atoms with Gasteiger partial charge in [-0.2, -0.15) is 0 Å². The van der Waals surface area contributed by atoms with Crippen LogP contribution >= 0.6 is 12.2 Å². The van der Waals surface area contributed by atoms with E-state index in [0.29, 0.717) is 19.0 Å². The fraction of sp³-hybridized carbons (Fsp3) is 0.529. The molecule has 0 heterocycles. The Bertz CT molecular complexity index is 533. The lowest BCUT2D eigenvalue weighted by atomic mass is 9.87. The van der Waals surface area contributed by atoms with E-state index in [0.717, 1.165) is 24.4 Å². The summed E-state index contributed by atoms with van der Waals surface area (Å²) in [4.78, 5) is 13.2. The van der Waals surface area contributed by atoms with Crippen LogP contribution < -0.4 is 5.32 Å². The van der Waals surface area contributed by atoms with Crippen molar-refractivity contribution in [1.82, 2.24) is 10.2 Å². The van der Waals surface area contributed by atoms with Crippen LogP contribution in [0.2, 0.25) is 0 Å². The van der Waals surface area contributed by atoms with Gasteiger partial charge in [0.2, 0.25) is 0 Å². The maximum atomic E-state index is 11.1. The van der Waals surface area contributed by atoms with Crippen LogP contribution in [0.1, 0.15) is 42.9 Å². The number of hydrogen-bond acceptors (Lipinski definition) is 3. The van der Waals surface area contributed by atoms with Gasteiger partial charge in [0, 0.05) is 20.0 Å². The smallest absolute Gasteiger partial charge is 0.305 e. The molecule has 0 bridgehead atoms. The highest BCUT2D eigenvalue weighted by Crippen LogP contribution is 2.33. The number of carbonyl (C=O) groups is 1. The van der Waals surface area contributed by atoms with E-state index in [2.05, 4.69) is 39.2 Å². The first-order valence-corrected chi connectivity index (χ1v) is 8.19. The summed E-state index contributed by atoms with van der Waals surface area (Å²) in [6, 6.07) is 8.95. The number of carbonyl (C=O) groups excluding carboxylic acids is 1. The number of ether oxygens (including phenoxy) is 1. The van der Waals surface area contributed by atoms with Crippen molar-refractivity contribution < 1.29 is 9.53 Å². The van der Waals surface area contributed by atoms with Gasteiger partial charge in [-0.3, -0.25) is 4.79 Å². The summed E-state index contributed by atoms with van der Waals surface area (Å²) < 4.78 is 4.63. The molecule has 0 aliphatic heterocycles. The number of aryl methyl sites for hydroxylation is 1. The SMILES string of the molecule is COC(=O)CCCNC(=S)N(C)[C@H]1CCCc2ccccc21. The summed E-state index contributed by atoms with van der Waals surface area (Å²) in [6.07, 6.45) is 4.61. The molecule has 0 radical (unpaired) electrons. The van der Waals surface area contributed by atoms with Crippen molar-refractivity contribution in [1.29, 1.82) is 0 Å². The van der Waals surface area contributed by atoms with Gasteiger partial charge in [0.25, 0.3) is 0 Å². The monoisotopic (exact) mass is 320 g/mol. The molecule has 5 heteroatoms. The Balaban J connectivity index is 1.87. The first-order valence-electron chi connectivity index (χ1n) is 7.78. The van der Waals surface area contributed by atoms with Crippen molar-refractivity contribution in [3.8, 4) is 0 Å². The molecular weight excluding hydrogens is 296 g/mol. The Morgan fingerprint density at radius 3 is 3.00 bits per heavy atom. The molecular formula is C17H24N2O2S. The lowest BCUT2D eigenvalue weighted by Gasteiger charge is -2.35. The molecule has 2 rings (SSSR count). The number of fused-ring (bicyclic) bond motifs is 1. The number of thiocarbonyl (C=S) groups is 1. The molecule has 1 aliphatic carbocycles. The molecule has 0 fully saturated rings. The lowest BCUT2D eigenvalue weighted by molar-refractivity contribution is -0.140. The second-order valence-electron chi connectivity index (χ2n) is 5.63. The summed E-state index contributed by atoms with van der Waals surface area (Å²) >= 11 is 5.49. The van der Waals surface area contributed by atoms with Gasteiger partial charge in [-0.15, -0.1) is 0 Å². The normalized spacial score (nSPS) is 16.5. The van der Waals surface area contributed by atoms with Crippen LogP contribution in [-0.2, 0) is 16.0 Å². The second kappa shape index (κ2) is 8.13. The van der Waals surface area contributed by atoms with Gasteiger partial charge in [-0.1, -0.05) is 24.3 Å². The largest absolute Gasteiger partial charge is 0.469 e. The highest BCUT2D eigenvalue weighted by Gasteiger charge is 2.24. The molecule has 1 aromatic rings. The minimum Gasteiger partial charge on any atom is -0.469 e. The average Bonchev–Trinajstić information content (AvgIpc) is 2.57. The Morgan fingerprint density at radius 2 is 2.23 bits per heavy atom. The van der Waals surface area contributed by atoms with Crippen molar-refractivity contribution >= 4 is 23.3 Å². The fourth-order valence-electron chi connectivity index (χ4n) is 2.93. The van der Waals surface area contributed by atoms with E-state index in [1.807, 2.05) is 7.05 Å². The Kier molecular flexibility index (Phi) is 6.19. The second-order valence-corrected chi connectivity index (χ2v) is 6.02. The number of methoxy groups -OCH3 is 1. The first kappa shape index (κ1) is 16.7. The number of nitrogens with one attached hydrogen (secondary N) is 1. The van der Waals surface area contributed by atoms with Crippen LogP contribution in [0.4, 0.5) is 0 Å². The van der Waals surface area contributed by atoms with Gasteiger partial charge in [-0.25, -0.2) is 0 Å². The molecule has 1 aromatic carbocycles. The van der Waals surface area contributed by atoms with Crippen molar-refractivity contribution in [3.63, 3.8) is 0 Å². The summed E-state index contributed by atoms with van der Waals surface area (Å²) in [5.74, 6) is -0.178. The number of hydrogen-bond donors (Lipinski definition) is 1. The third kappa shape index (κ3) is 4.19. The highest BCUT2D eigenvalue weighted by molar-refractivity contribution is 7.80. The van der Waals surface area contributed by atoms with Crippen molar-refractivity contribution in [2.24, 2.45) is 0 Å². The minimum absolute atomic E-state index is 0.178.